The van der Waals surface area contributed by atoms with Gasteiger partial charge in [-0.25, -0.2) is 4.79 Å². The first-order chi connectivity index (χ1) is 8.37. The Balaban J connectivity index is 1.79. The van der Waals surface area contributed by atoms with Crippen molar-refractivity contribution in [2.45, 2.75) is 45.3 Å². The van der Waals surface area contributed by atoms with Crippen LogP contribution in [0.4, 0.5) is 4.79 Å². The van der Waals surface area contributed by atoms with Crippen LogP contribution in [0.15, 0.2) is 0 Å². The molecule has 5 nitrogen and oxygen atoms in total. The highest BCUT2D eigenvalue weighted by atomic mass is 16.6. The van der Waals surface area contributed by atoms with E-state index < -0.39 is 5.60 Å². The van der Waals surface area contributed by atoms with E-state index in [9.17, 15) is 9.59 Å². The molecule has 2 aliphatic heterocycles. The maximum Gasteiger partial charge on any atom is 0.410 e. The smallest absolute Gasteiger partial charge is 0.410 e. The lowest BCUT2D eigenvalue weighted by Gasteiger charge is -2.32. The minimum absolute atomic E-state index is 0.0520. The van der Waals surface area contributed by atoms with Crippen LogP contribution in [0, 0.1) is 5.92 Å². The highest BCUT2D eigenvalue weighted by Crippen LogP contribution is 2.25. The zero-order valence-corrected chi connectivity index (χ0v) is 11.3. The van der Waals surface area contributed by atoms with Gasteiger partial charge < -0.3 is 14.4 Å². The topological polar surface area (TPSA) is 59.1 Å². The molecule has 2 heterocycles. The molecule has 0 bridgehead atoms. The van der Waals surface area contributed by atoms with Gasteiger partial charge in [-0.15, -0.1) is 0 Å². The van der Waals surface area contributed by atoms with Gasteiger partial charge in [0.15, 0.2) is 5.78 Å². The van der Waals surface area contributed by atoms with Gasteiger partial charge in [-0.05, 0) is 33.6 Å². The molecule has 1 atom stereocenters. The zero-order chi connectivity index (χ0) is 13.3. The molecule has 1 amide bonds. The highest BCUT2D eigenvalue weighted by Gasteiger charge is 2.38. The Bertz CT molecular complexity index is 335. The minimum atomic E-state index is -0.467. The molecule has 18 heavy (non-hydrogen) atoms. The first kappa shape index (κ1) is 13.3. The molecule has 0 radical (unpaired) electrons. The molecule has 102 valence electrons. The van der Waals surface area contributed by atoms with Crippen LogP contribution in [0.3, 0.4) is 0 Å². The number of carbonyl (C=O) groups excluding carboxylic acids is 2. The van der Waals surface area contributed by atoms with Gasteiger partial charge in [0.1, 0.15) is 11.7 Å². The number of epoxide rings is 1. The van der Waals surface area contributed by atoms with E-state index >= 15 is 0 Å². The number of piperidine rings is 1. The molecular formula is C13H21NO4. The van der Waals surface area contributed by atoms with Crippen LogP contribution in [0.1, 0.15) is 33.6 Å². The number of rotatable bonds is 2. The highest BCUT2D eigenvalue weighted by molar-refractivity contribution is 5.87. The van der Waals surface area contributed by atoms with Crippen molar-refractivity contribution >= 4 is 11.9 Å². The molecule has 0 saturated carbocycles. The first-order valence-electron chi connectivity index (χ1n) is 6.50. The summed E-state index contributed by atoms with van der Waals surface area (Å²) in [7, 11) is 0. The van der Waals surface area contributed by atoms with Crippen molar-refractivity contribution in [3.63, 3.8) is 0 Å². The van der Waals surface area contributed by atoms with Gasteiger partial charge in [-0.3, -0.25) is 4.79 Å². The SMILES string of the molecule is CC(C)(C)OC(=O)N1CCC(C(=O)[C@H]2CO2)CC1. The summed E-state index contributed by atoms with van der Waals surface area (Å²) < 4.78 is 10.3. The Morgan fingerprint density at radius 2 is 1.78 bits per heavy atom. The lowest BCUT2D eigenvalue weighted by molar-refractivity contribution is -0.125. The molecule has 0 aromatic heterocycles. The van der Waals surface area contributed by atoms with Crippen molar-refractivity contribution < 1.29 is 19.1 Å². The molecule has 0 aromatic carbocycles. The van der Waals surface area contributed by atoms with E-state index in [1.807, 2.05) is 20.8 Å². The van der Waals surface area contributed by atoms with Crippen LogP contribution < -0.4 is 0 Å². The van der Waals surface area contributed by atoms with E-state index in [1.165, 1.54) is 0 Å². The standard InChI is InChI=1S/C13H21NO4/c1-13(2,3)18-12(16)14-6-4-9(5-7-14)11(15)10-8-17-10/h9-10H,4-8H2,1-3H3/t10-/m1/s1. The third kappa shape index (κ3) is 3.45. The van der Waals surface area contributed by atoms with Gasteiger partial charge in [-0.2, -0.15) is 0 Å². The third-order valence-corrected chi connectivity index (χ3v) is 3.20. The second-order valence-electron chi connectivity index (χ2n) is 5.97. The lowest BCUT2D eigenvalue weighted by Crippen LogP contribution is -2.43. The van der Waals surface area contributed by atoms with E-state index in [0.717, 1.165) is 12.8 Å². The van der Waals surface area contributed by atoms with Crippen LogP contribution >= 0.6 is 0 Å². The normalized spacial score (nSPS) is 24.8. The predicted molar refractivity (Wildman–Crippen MR) is 65.3 cm³/mol. The van der Waals surface area contributed by atoms with Crippen molar-refractivity contribution in [3.05, 3.63) is 0 Å². The van der Waals surface area contributed by atoms with E-state index in [2.05, 4.69) is 0 Å². The lowest BCUT2D eigenvalue weighted by atomic mass is 9.91. The van der Waals surface area contributed by atoms with Crippen molar-refractivity contribution in [2.24, 2.45) is 5.92 Å². The molecule has 2 rings (SSSR count). The van der Waals surface area contributed by atoms with E-state index in [0.29, 0.717) is 19.7 Å². The Morgan fingerprint density at radius 3 is 2.22 bits per heavy atom. The van der Waals surface area contributed by atoms with Crippen molar-refractivity contribution in [1.82, 2.24) is 4.90 Å². The average Bonchev–Trinajstić information content (AvgIpc) is 3.10. The van der Waals surface area contributed by atoms with Crippen LogP contribution in [0.5, 0.6) is 0 Å². The maximum absolute atomic E-state index is 11.8. The molecule has 2 aliphatic rings. The quantitative estimate of drug-likeness (QED) is 0.703. The average molecular weight is 255 g/mol. The van der Waals surface area contributed by atoms with Crippen LogP contribution in [-0.4, -0.2) is 48.2 Å². The van der Waals surface area contributed by atoms with Gasteiger partial charge >= 0.3 is 6.09 Å². The van der Waals surface area contributed by atoms with Crippen molar-refractivity contribution in [1.29, 1.82) is 0 Å². The first-order valence-corrected chi connectivity index (χ1v) is 6.50. The molecule has 2 fully saturated rings. The summed E-state index contributed by atoms with van der Waals surface area (Å²) in [6, 6.07) is 0. The number of nitrogens with zero attached hydrogens (tertiary/aromatic N) is 1. The second kappa shape index (κ2) is 4.88. The van der Waals surface area contributed by atoms with Gasteiger partial charge in [0.2, 0.25) is 0 Å². The number of Topliss-reactive ketones (excluding diaryl/α,β-unsaturated/α-hetero) is 1. The number of carbonyl (C=O) groups is 2. The predicted octanol–water partition coefficient (Wildman–Crippen LogP) is 1.60. The van der Waals surface area contributed by atoms with E-state index in [-0.39, 0.29) is 23.9 Å². The minimum Gasteiger partial charge on any atom is -0.444 e. The van der Waals surface area contributed by atoms with Gasteiger partial charge in [-0.1, -0.05) is 0 Å². The molecule has 2 saturated heterocycles. The molecule has 0 spiro atoms. The Kier molecular flexibility index (Phi) is 3.61. The molecule has 0 aromatic rings. The monoisotopic (exact) mass is 255 g/mol. The number of likely N-dealkylation sites (tertiary alicyclic amines) is 1. The molecule has 0 N–H and O–H groups in total. The number of ether oxygens (including phenoxy) is 2. The summed E-state index contributed by atoms with van der Waals surface area (Å²) in [5.41, 5.74) is -0.467. The van der Waals surface area contributed by atoms with Crippen molar-refractivity contribution in [3.8, 4) is 0 Å². The second-order valence-corrected chi connectivity index (χ2v) is 5.97. The number of hydrogen-bond acceptors (Lipinski definition) is 4. The largest absolute Gasteiger partial charge is 0.444 e. The summed E-state index contributed by atoms with van der Waals surface area (Å²) in [6.07, 6.45) is 0.995. The molecular weight excluding hydrogens is 234 g/mol. The fraction of sp³-hybridized carbons (Fsp3) is 0.846. The van der Waals surface area contributed by atoms with Crippen LogP contribution in [0.25, 0.3) is 0 Å². The summed E-state index contributed by atoms with van der Waals surface area (Å²) in [6.45, 7) is 7.32. The number of ketones is 1. The third-order valence-electron chi connectivity index (χ3n) is 3.20. The number of hydrogen-bond donors (Lipinski definition) is 0. The fourth-order valence-electron chi connectivity index (χ4n) is 2.15. The molecule has 0 unspecified atom stereocenters. The molecule has 0 aliphatic carbocycles. The van der Waals surface area contributed by atoms with Crippen LogP contribution in [-0.2, 0) is 14.3 Å². The zero-order valence-electron chi connectivity index (χ0n) is 11.3. The van der Waals surface area contributed by atoms with Crippen LogP contribution in [0.2, 0.25) is 0 Å². The Morgan fingerprint density at radius 1 is 1.22 bits per heavy atom. The van der Waals surface area contributed by atoms with Gasteiger partial charge in [0, 0.05) is 19.0 Å². The summed E-state index contributed by atoms with van der Waals surface area (Å²) in [4.78, 5) is 25.3. The Labute approximate surface area is 107 Å². The van der Waals surface area contributed by atoms with E-state index in [1.54, 1.807) is 4.90 Å². The maximum atomic E-state index is 11.8. The summed E-state index contributed by atoms with van der Waals surface area (Å²) >= 11 is 0. The summed E-state index contributed by atoms with van der Waals surface area (Å²) in [5.74, 6) is 0.259. The fourth-order valence-corrected chi connectivity index (χ4v) is 2.15. The Hall–Kier alpha value is -1.10. The number of amides is 1. The van der Waals surface area contributed by atoms with Gasteiger partial charge in [0.25, 0.3) is 0 Å². The van der Waals surface area contributed by atoms with Crippen molar-refractivity contribution in [2.75, 3.05) is 19.7 Å². The van der Waals surface area contributed by atoms with E-state index in [4.69, 9.17) is 9.47 Å². The molecule has 5 heteroatoms. The summed E-state index contributed by atoms with van der Waals surface area (Å²) in [5, 5.41) is 0. The van der Waals surface area contributed by atoms with Gasteiger partial charge in [0.05, 0.1) is 6.61 Å².